The van der Waals surface area contributed by atoms with Crippen molar-refractivity contribution >= 4 is 5.97 Å². The van der Waals surface area contributed by atoms with Crippen molar-refractivity contribution in [3.63, 3.8) is 0 Å². The van der Waals surface area contributed by atoms with Crippen LogP contribution in [0.25, 0.3) is 0 Å². The minimum Gasteiger partial charge on any atom is -0.456 e. The normalized spacial score (nSPS) is 12.1. The standard InChI is InChI=1S/C25H42O3/c1-5-8-11-12-13-16-24(20-27-4)28-25(26)23-18-21(14-9-6-2)17-22(19-23)15-10-7-3/h17-19,24H,5-16,20H2,1-4H3. The van der Waals surface area contributed by atoms with E-state index < -0.39 is 0 Å². The molecule has 0 amide bonds. The number of aryl methyl sites for hydroxylation is 2. The average Bonchev–Trinajstić information content (AvgIpc) is 2.70. The van der Waals surface area contributed by atoms with Crippen LogP contribution in [-0.4, -0.2) is 25.8 Å². The summed E-state index contributed by atoms with van der Waals surface area (Å²) in [7, 11) is 1.67. The van der Waals surface area contributed by atoms with Crippen molar-refractivity contribution in [3.8, 4) is 0 Å². The first-order valence-electron chi connectivity index (χ1n) is 11.5. The molecule has 1 aromatic rings. The smallest absolute Gasteiger partial charge is 0.338 e. The largest absolute Gasteiger partial charge is 0.456 e. The zero-order chi connectivity index (χ0) is 20.6. The molecule has 1 atom stereocenters. The maximum absolute atomic E-state index is 12.8. The van der Waals surface area contributed by atoms with Crippen molar-refractivity contribution in [1.82, 2.24) is 0 Å². The van der Waals surface area contributed by atoms with Gasteiger partial charge in [-0.2, -0.15) is 0 Å². The molecule has 0 aliphatic carbocycles. The lowest BCUT2D eigenvalue weighted by Gasteiger charge is -2.18. The Morgan fingerprint density at radius 3 is 1.93 bits per heavy atom. The van der Waals surface area contributed by atoms with Crippen LogP contribution in [0, 0.1) is 0 Å². The van der Waals surface area contributed by atoms with Gasteiger partial charge in [-0.1, -0.05) is 65.4 Å². The molecule has 1 rings (SSSR count). The highest BCUT2D eigenvalue weighted by Gasteiger charge is 2.17. The van der Waals surface area contributed by atoms with E-state index >= 15 is 0 Å². The first-order chi connectivity index (χ1) is 13.6. The lowest BCUT2D eigenvalue weighted by atomic mass is 9.98. The van der Waals surface area contributed by atoms with Gasteiger partial charge >= 0.3 is 5.97 Å². The van der Waals surface area contributed by atoms with E-state index in [4.69, 9.17) is 9.47 Å². The van der Waals surface area contributed by atoms with E-state index in [1.54, 1.807) is 7.11 Å². The van der Waals surface area contributed by atoms with Crippen molar-refractivity contribution < 1.29 is 14.3 Å². The van der Waals surface area contributed by atoms with Crippen LogP contribution in [-0.2, 0) is 22.3 Å². The first kappa shape index (κ1) is 24.7. The second kappa shape index (κ2) is 15.6. The van der Waals surface area contributed by atoms with E-state index in [0.29, 0.717) is 12.2 Å². The minimum absolute atomic E-state index is 0.155. The molecule has 0 saturated carbocycles. The molecule has 28 heavy (non-hydrogen) atoms. The highest BCUT2D eigenvalue weighted by Crippen LogP contribution is 2.18. The van der Waals surface area contributed by atoms with Gasteiger partial charge in [0.2, 0.25) is 0 Å². The Hall–Kier alpha value is -1.35. The molecule has 0 heterocycles. The number of methoxy groups -OCH3 is 1. The van der Waals surface area contributed by atoms with Gasteiger partial charge in [0.1, 0.15) is 6.10 Å². The van der Waals surface area contributed by atoms with Gasteiger partial charge in [0, 0.05) is 7.11 Å². The fourth-order valence-corrected chi connectivity index (χ4v) is 3.49. The Bertz CT molecular complexity index is 512. The molecular formula is C25H42O3. The molecule has 0 aromatic heterocycles. The SMILES string of the molecule is CCCCCCCC(COC)OC(=O)c1cc(CCCC)cc(CCCC)c1. The van der Waals surface area contributed by atoms with Crippen molar-refractivity contribution in [2.24, 2.45) is 0 Å². The summed E-state index contributed by atoms with van der Waals surface area (Å²) in [6.07, 6.45) is 13.4. The van der Waals surface area contributed by atoms with Crippen LogP contribution in [0.3, 0.4) is 0 Å². The molecule has 160 valence electrons. The lowest BCUT2D eigenvalue weighted by molar-refractivity contribution is 0.00235. The molecule has 0 N–H and O–H groups in total. The Kier molecular flexibility index (Phi) is 13.7. The van der Waals surface area contributed by atoms with E-state index in [1.165, 1.54) is 36.8 Å². The molecule has 0 aliphatic heterocycles. The number of ether oxygens (including phenoxy) is 2. The highest BCUT2D eigenvalue weighted by molar-refractivity contribution is 5.90. The fourth-order valence-electron chi connectivity index (χ4n) is 3.49. The molecule has 3 nitrogen and oxygen atoms in total. The van der Waals surface area contributed by atoms with Crippen molar-refractivity contribution in [3.05, 3.63) is 34.9 Å². The Morgan fingerprint density at radius 2 is 1.39 bits per heavy atom. The third-order valence-electron chi connectivity index (χ3n) is 5.18. The predicted octanol–water partition coefficient (Wildman–Crippen LogP) is 6.90. The van der Waals surface area contributed by atoms with Crippen molar-refractivity contribution in [2.75, 3.05) is 13.7 Å². The average molecular weight is 391 g/mol. The molecule has 3 heteroatoms. The predicted molar refractivity (Wildman–Crippen MR) is 118 cm³/mol. The summed E-state index contributed by atoms with van der Waals surface area (Å²) >= 11 is 0. The van der Waals surface area contributed by atoms with Gasteiger partial charge in [0.05, 0.1) is 12.2 Å². The van der Waals surface area contributed by atoms with Crippen LogP contribution in [0.15, 0.2) is 18.2 Å². The van der Waals surface area contributed by atoms with E-state index in [0.717, 1.165) is 51.4 Å². The summed E-state index contributed by atoms with van der Waals surface area (Å²) in [6, 6.07) is 6.32. The molecule has 0 saturated heterocycles. The van der Waals surface area contributed by atoms with Crippen LogP contribution in [0.1, 0.15) is 106 Å². The number of unbranched alkanes of at least 4 members (excludes halogenated alkanes) is 6. The molecular weight excluding hydrogens is 348 g/mol. The van der Waals surface area contributed by atoms with E-state index in [2.05, 4.69) is 26.8 Å². The topological polar surface area (TPSA) is 35.5 Å². The molecule has 1 aromatic carbocycles. The second-order valence-corrected chi connectivity index (χ2v) is 7.93. The lowest BCUT2D eigenvalue weighted by Crippen LogP contribution is -2.23. The molecule has 0 spiro atoms. The number of hydrogen-bond acceptors (Lipinski definition) is 3. The zero-order valence-corrected chi connectivity index (χ0v) is 18.7. The Balaban J connectivity index is 2.76. The van der Waals surface area contributed by atoms with Crippen LogP contribution in [0.4, 0.5) is 0 Å². The van der Waals surface area contributed by atoms with E-state index in [1.807, 2.05) is 12.1 Å². The Labute approximate surface area is 173 Å². The van der Waals surface area contributed by atoms with Gasteiger partial charge in [-0.15, -0.1) is 0 Å². The van der Waals surface area contributed by atoms with Gasteiger partial charge < -0.3 is 9.47 Å². The molecule has 0 aliphatic rings. The number of carbonyl (C=O) groups excluding carboxylic acids is 1. The molecule has 0 radical (unpaired) electrons. The quantitative estimate of drug-likeness (QED) is 0.227. The third kappa shape index (κ3) is 10.3. The number of benzene rings is 1. The van der Waals surface area contributed by atoms with Gasteiger partial charge in [-0.25, -0.2) is 4.79 Å². The fraction of sp³-hybridized carbons (Fsp3) is 0.720. The molecule has 1 unspecified atom stereocenters. The van der Waals surface area contributed by atoms with Gasteiger partial charge in [-0.05, 0) is 61.8 Å². The van der Waals surface area contributed by atoms with E-state index in [9.17, 15) is 4.79 Å². The number of rotatable bonds is 16. The van der Waals surface area contributed by atoms with Crippen molar-refractivity contribution in [2.45, 2.75) is 104 Å². The number of carbonyl (C=O) groups is 1. The second-order valence-electron chi connectivity index (χ2n) is 7.93. The monoisotopic (exact) mass is 390 g/mol. The van der Waals surface area contributed by atoms with Crippen LogP contribution >= 0.6 is 0 Å². The number of esters is 1. The van der Waals surface area contributed by atoms with Gasteiger partial charge in [0.25, 0.3) is 0 Å². The Morgan fingerprint density at radius 1 is 0.821 bits per heavy atom. The summed E-state index contributed by atoms with van der Waals surface area (Å²) in [5.41, 5.74) is 3.21. The maximum Gasteiger partial charge on any atom is 0.338 e. The van der Waals surface area contributed by atoms with Gasteiger partial charge in [0.15, 0.2) is 0 Å². The summed E-state index contributed by atoms with van der Waals surface area (Å²) in [6.45, 7) is 7.09. The van der Waals surface area contributed by atoms with Crippen molar-refractivity contribution in [1.29, 1.82) is 0 Å². The zero-order valence-electron chi connectivity index (χ0n) is 18.7. The summed E-state index contributed by atoms with van der Waals surface area (Å²) in [5.74, 6) is -0.202. The minimum atomic E-state index is -0.202. The summed E-state index contributed by atoms with van der Waals surface area (Å²) in [5, 5.41) is 0. The van der Waals surface area contributed by atoms with Crippen LogP contribution < -0.4 is 0 Å². The number of hydrogen-bond donors (Lipinski definition) is 0. The first-order valence-corrected chi connectivity index (χ1v) is 11.5. The molecule has 0 bridgehead atoms. The van der Waals surface area contributed by atoms with Gasteiger partial charge in [-0.3, -0.25) is 0 Å². The third-order valence-corrected chi connectivity index (χ3v) is 5.18. The maximum atomic E-state index is 12.8. The summed E-state index contributed by atoms with van der Waals surface area (Å²) < 4.78 is 11.1. The summed E-state index contributed by atoms with van der Waals surface area (Å²) in [4.78, 5) is 12.8. The van der Waals surface area contributed by atoms with E-state index in [-0.39, 0.29) is 12.1 Å². The molecule has 0 fully saturated rings. The van der Waals surface area contributed by atoms with Crippen LogP contribution in [0.5, 0.6) is 0 Å². The van der Waals surface area contributed by atoms with Crippen LogP contribution in [0.2, 0.25) is 0 Å². The highest BCUT2D eigenvalue weighted by atomic mass is 16.6.